The van der Waals surface area contributed by atoms with Gasteiger partial charge in [-0.05, 0) is 33.0 Å². The molecule has 5 nitrogen and oxygen atoms in total. The van der Waals surface area contributed by atoms with E-state index in [1.165, 1.54) is 17.1 Å². The lowest BCUT2D eigenvalue weighted by molar-refractivity contribution is 0.310. The Morgan fingerprint density at radius 2 is 1.94 bits per heavy atom. The molecule has 6 heteroatoms. The molecule has 1 aliphatic heterocycles. The molecule has 0 aliphatic carbocycles. The Morgan fingerprint density at radius 1 is 1.31 bits per heavy atom. The van der Waals surface area contributed by atoms with E-state index in [1.54, 1.807) is 14.1 Å². The van der Waals surface area contributed by atoms with Crippen LogP contribution in [0.25, 0.3) is 0 Å². The van der Waals surface area contributed by atoms with Gasteiger partial charge in [0.1, 0.15) is 0 Å². The van der Waals surface area contributed by atoms with Crippen molar-refractivity contribution >= 4 is 10.0 Å². The van der Waals surface area contributed by atoms with Gasteiger partial charge in [-0.1, -0.05) is 0 Å². The molecule has 0 atom stereocenters. The summed E-state index contributed by atoms with van der Waals surface area (Å²) in [4.78, 5) is 2.32. The van der Waals surface area contributed by atoms with Gasteiger partial charge in [0, 0.05) is 26.7 Å². The first-order valence-electron chi connectivity index (χ1n) is 5.87. The Hall–Kier alpha value is -0.170. The lowest BCUT2D eigenvalue weighted by Gasteiger charge is -2.21. The van der Waals surface area contributed by atoms with Gasteiger partial charge in [0.25, 0.3) is 0 Å². The number of nitrogens with one attached hydrogen (secondary N) is 1. The number of nitrogens with zero attached hydrogens (tertiary/aromatic N) is 2. The fourth-order valence-corrected chi connectivity index (χ4v) is 2.95. The van der Waals surface area contributed by atoms with Crippen LogP contribution < -0.4 is 5.32 Å². The van der Waals surface area contributed by atoms with Gasteiger partial charge < -0.3 is 10.2 Å². The summed E-state index contributed by atoms with van der Waals surface area (Å²) >= 11 is 0. The molecule has 0 amide bonds. The summed E-state index contributed by atoms with van der Waals surface area (Å²) in [6, 6.07) is 0. The van der Waals surface area contributed by atoms with Crippen LogP contribution in [-0.4, -0.2) is 70.2 Å². The number of hydrogen-bond donors (Lipinski definition) is 1. The summed E-state index contributed by atoms with van der Waals surface area (Å²) in [5, 5.41) is 2.86. The molecule has 1 rings (SSSR count). The van der Waals surface area contributed by atoms with Crippen LogP contribution in [0.5, 0.6) is 0 Å². The lowest BCUT2D eigenvalue weighted by Crippen LogP contribution is -2.38. The summed E-state index contributed by atoms with van der Waals surface area (Å²) in [6.45, 7) is 4.20. The van der Waals surface area contributed by atoms with E-state index in [9.17, 15) is 8.42 Å². The standard InChI is InChI=1S/C10H23N3O2S/c1-11-5-10-16(14,15)12(2)8-9-13-6-3-4-7-13/h11H,3-10H2,1-2H3. The minimum atomic E-state index is -3.07. The molecule has 1 heterocycles. The maximum absolute atomic E-state index is 11.8. The monoisotopic (exact) mass is 249 g/mol. The highest BCUT2D eigenvalue weighted by molar-refractivity contribution is 7.89. The van der Waals surface area contributed by atoms with Crippen LogP contribution >= 0.6 is 0 Å². The minimum absolute atomic E-state index is 0.181. The second-order valence-corrected chi connectivity index (χ2v) is 6.49. The zero-order valence-corrected chi connectivity index (χ0v) is 11.1. The van der Waals surface area contributed by atoms with Crippen LogP contribution in [0.3, 0.4) is 0 Å². The summed E-state index contributed by atoms with van der Waals surface area (Å²) in [5.74, 6) is 0.181. The minimum Gasteiger partial charge on any atom is -0.319 e. The number of likely N-dealkylation sites (N-methyl/N-ethyl adjacent to an activating group) is 1. The van der Waals surface area contributed by atoms with Gasteiger partial charge in [0.2, 0.25) is 10.0 Å². The maximum Gasteiger partial charge on any atom is 0.215 e. The van der Waals surface area contributed by atoms with E-state index in [4.69, 9.17) is 0 Å². The van der Waals surface area contributed by atoms with Crippen molar-refractivity contribution in [2.45, 2.75) is 12.8 Å². The van der Waals surface area contributed by atoms with Crippen molar-refractivity contribution in [2.24, 2.45) is 0 Å². The van der Waals surface area contributed by atoms with Crippen LogP contribution in [0, 0.1) is 0 Å². The summed E-state index contributed by atoms with van der Waals surface area (Å²) in [5.41, 5.74) is 0. The SMILES string of the molecule is CNCCS(=O)(=O)N(C)CCN1CCCC1. The van der Waals surface area contributed by atoms with E-state index in [1.807, 2.05) is 0 Å². The van der Waals surface area contributed by atoms with Crippen molar-refractivity contribution in [1.82, 2.24) is 14.5 Å². The van der Waals surface area contributed by atoms with Crippen LogP contribution in [-0.2, 0) is 10.0 Å². The predicted octanol–water partition coefficient (Wildman–Crippen LogP) is -0.437. The zero-order chi connectivity index (χ0) is 12.0. The zero-order valence-electron chi connectivity index (χ0n) is 10.3. The van der Waals surface area contributed by atoms with Crippen LogP contribution in [0.4, 0.5) is 0 Å². The van der Waals surface area contributed by atoms with Gasteiger partial charge in [-0.15, -0.1) is 0 Å². The largest absolute Gasteiger partial charge is 0.319 e. The maximum atomic E-state index is 11.8. The Morgan fingerprint density at radius 3 is 2.50 bits per heavy atom. The average Bonchev–Trinajstić information content (AvgIpc) is 2.75. The van der Waals surface area contributed by atoms with Gasteiger partial charge in [-0.2, -0.15) is 0 Å². The molecule has 0 aromatic rings. The highest BCUT2D eigenvalue weighted by atomic mass is 32.2. The first-order chi connectivity index (χ1) is 7.56. The summed E-state index contributed by atoms with van der Waals surface area (Å²) in [6.07, 6.45) is 2.49. The summed E-state index contributed by atoms with van der Waals surface area (Å²) in [7, 11) is 0.361. The van der Waals surface area contributed by atoms with Crippen molar-refractivity contribution in [1.29, 1.82) is 0 Å². The third kappa shape index (κ3) is 4.37. The van der Waals surface area contributed by atoms with E-state index < -0.39 is 10.0 Å². The topological polar surface area (TPSA) is 52.7 Å². The van der Waals surface area contributed by atoms with Gasteiger partial charge >= 0.3 is 0 Å². The van der Waals surface area contributed by atoms with Crippen LogP contribution in [0.2, 0.25) is 0 Å². The Kier molecular flexibility index (Phi) is 5.68. The molecule has 0 bridgehead atoms. The van der Waals surface area contributed by atoms with Gasteiger partial charge in [-0.3, -0.25) is 0 Å². The van der Waals surface area contributed by atoms with Gasteiger partial charge in [0.05, 0.1) is 5.75 Å². The number of hydrogen-bond acceptors (Lipinski definition) is 4. The molecule has 1 aliphatic rings. The first kappa shape index (κ1) is 13.9. The predicted molar refractivity (Wildman–Crippen MR) is 66.0 cm³/mol. The molecule has 96 valence electrons. The molecule has 0 aromatic heterocycles. The average molecular weight is 249 g/mol. The molecule has 0 spiro atoms. The van der Waals surface area contributed by atoms with Crippen molar-refractivity contribution in [2.75, 3.05) is 52.6 Å². The highest BCUT2D eigenvalue weighted by Crippen LogP contribution is 2.07. The Balaban J connectivity index is 2.29. The molecule has 0 aromatic carbocycles. The Bertz CT molecular complexity index is 286. The smallest absolute Gasteiger partial charge is 0.215 e. The Labute approximate surface area is 98.8 Å². The van der Waals surface area contributed by atoms with Crippen molar-refractivity contribution < 1.29 is 8.42 Å². The van der Waals surface area contributed by atoms with E-state index in [0.29, 0.717) is 13.1 Å². The second-order valence-electron chi connectivity index (χ2n) is 4.29. The van der Waals surface area contributed by atoms with Gasteiger partial charge in [0.15, 0.2) is 0 Å². The van der Waals surface area contributed by atoms with E-state index >= 15 is 0 Å². The van der Waals surface area contributed by atoms with E-state index in [-0.39, 0.29) is 5.75 Å². The van der Waals surface area contributed by atoms with E-state index in [0.717, 1.165) is 19.6 Å². The number of sulfonamides is 1. The molecule has 0 unspecified atom stereocenters. The first-order valence-corrected chi connectivity index (χ1v) is 7.48. The third-order valence-electron chi connectivity index (χ3n) is 3.01. The quantitative estimate of drug-likeness (QED) is 0.665. The molecule has 1 fully saturated rings. The third-order valence-corrected chi connectivity index (χ3v) is 4.87. The highest BCUT2D eigenvalue weighted by Gasteiger charge is 2.18. The van der Waals surface area contributed by atoms with E-state index in [2.05, 4.69) is 10.2 Å². The molecular weight excluding hydrogens is 226 g/mol. The lowest BCUT2D eigenvalue weighted by atomic mass is 10.4. The van der Waals surface area contributed by atoms with Gasteiger partial charge in [-0.25, -0.2) is 12.7 Å². The molecule has 0 radical (unpaired) electrons. The fraction of sp³-hybridized carbons (Fsp3) is 1.00. The second kappa shape index (κ2) is 6.54. The van der Waals surface area contributed by atoms with Crippen LogP contribution in [0.15, 0.2) is 0 Å². The normalized spacial score (nSPS) is 18.4. The van der Waals surface area contributed by atoms with Crippen LogP contribution in [0.1, 0.15) is 12.8 Å². The molecule has 1 N–H and O–H groups in total. The number of rotatable bonds is 7. The summed E-state index contributed by atoms with van der Waals surface area (Å²) < 4.78 is 25.0. The number of likely N-dealkylation sites (tertiary alicyclic amines) is 1. The van der Waals surface area contributed by atoms with Crippen molar-refractivity contribution in [3.8, 4) is 0 Å². The molecular formula is C10H23N3O2S. The molecule has 16 heavy (non-hydrogen) atoms. The molecule has 1 saturated heterocycles. The van der Waals surface area contributed by atoms with Crippen molar-refractivity contribution in [3.05, 3.63) is 0 Å². The molecule has 0 saturated carbocycles. The fourth-order valence-electron chi connectivity index (χ4n) is 1.81. The van der Waals surface area contributed by atoms with Crippen molar-refractivity contribution in [3.63, 3.8) is 0 Å².